The van der Waals surface area contributed by atoms with Gasteiger partial charge in [-0.2, -0.15) is 0 Å². The largest absolute Gasteiger partial charge is 0.387 e. The first kappa shape index (κ1) is 17.0. The zero-order valence-electron chi connectivity index (χ0n) is 15.3. The minimum atomic E-state index is -1.04. The van der Waals surface area contributed by atoms with Crippen LogP contribution in [-0.4, -0.2) is 23.2 Å². The molecule has 8 atom stereocenters. The fourth-order valence-electron chi connectivity index (χ4n) is 7.75. The lowest BCUT2D eigenvalue weighted by Gasteiger charge is -2.56. The van der Waals surface area contributed by atoms with Crippen molar-refractivity contribution in [2.24, 2.45) is 40.9 Å². The molecule has 4 aliphatic rings. The first-order valence-electron chi connectivity index (χ1n) is 10.2. The molecule has 0 saturated heterocycles. The van der Waals surface area contributed by atoms with Gasteiger partial charge in [0, 0.05) is 5.92 Å². The van der Waals surface area contributed by atoms with Crippen LogP contribution in [0.3, 0.4) is 0 Å². The van der Waals surface area contributed by atoms with E-state index in [0.717, 1.165) is 31.1 Å². The van der Waals surface area contributed by atoms with Crippen LogP contribution in [0, 0.1) is 40.9 Å². The second-order valence-corrected chi connectivity index (χ2v) is 9.82. The Morgan fingerprint density at radius 2 is 1.79 bits per heavy atom. The van der Waals surface area contributed by atoms with Crippen molar-refractivity contribution >= 4 is 5.78 Å². The van der Waals surface area contributed by atoms with Crippen LogP contribution >= 0.6 is 0 Å². The fourth-order valence-corrected chi connectivity index (χ4v) is 7.75. The lowest BCUT2D eigenvalue weighted by Crippen LogP contribution is -2.51. The van der Waals surface area contributed by atoms with Gasteiger partial charge in [-0.1, -0.05) is 6.92 Å². The van der Waals surface area contributed by atoms with E-state index in [1.165, 1.54) is 25.7 Å². The third kappa shape index (κ3) is 2.40. The molecule has 0 spiro atoms. The Hall–Kier alpha value is -0.440. The second-order valence-electron chi connectivity index (χ2n) is 9.82. The van der Waals surface area contributed by atoms with Gasteiger partial charge >= 0.3 is 0 Å². The van der Waals surface area contributed by atoms with Crippen LogP contribution in [0.25, 0.3) is 0 Å². The highest BCUT2D eigenvalue weighted by Crippen LogP contribution is 2.64. The molecule has 24 heavy (non-hydrogen) atoms. The molecule has 0 unspecified atom stereocenters. The molecule has 0 heterocycles. The van der Waals surface area contributed by atoms with Crippen molar-refractivity contribution < 1.29 is 14.3 Å². The summed E-state index contributed by atoms with van der Waals surface area (Å²) < 4.78 is 13.2. The van der Waals surface area contributed by atoms with Crippen molar-refractivity contribution in [1.82, 2.24) is 0 Å². The minimum Gasteiger partial charge on any atom is -0.387 e. The van der Waals surface area contributed by atoms with Gasteiger partial charge in [0.05, 0.1) is 5.60 Å². The number of alkyl halides is 1. The number of hydrogen-bond donors (Lipinski definition) is 1. The lowest BCUT2D eigenvalue weighted by atomic mass is 9.49. The standard InChI is InChI=1S/C21H33FO2/c1-13(23)18-5-6-19-17-4-3-14-11-21(24,12-22)10-8-15(14)16(17)7-9-20(18,19)2/h14-19,24H,3-12H2,1-2H3/t14-,15+,16-,17-,18-,19+,20-,21+/m1/s1. The zero-order chi connectivity index (χ0) is 17.1. The van der Waals surface area contributed by atoms with E-state index < -0.39 is 12.3 Å². The molecule has 0 aromatic carbocycles. The molecule has 4 fully saturated rings. The van der Waals surface area contributed by atoms with Crippen LogP contribution in [0.1, 0.15) is 71.6 Å². The molecular weight excluding hydrogens is 303 g/mol. The maximum Gasteiger partial charge on any atom is 0.133 e. The molecular formula is C21H33FO2. The molecule has 4 saturated carbocycles. The Morgan fingerprint density at radius 1 is 1.04 bits per heavy atom. The monoisotopic (exact) mass is 336 g/mol. The predicted molar refractivity (Wildman–Crippen MR) is 92.2 cm³/mol. The maximum atomic E-state index is 13.2. The number of halogens is 1. The van der Waals surface area contributed by atoms with Gasteiger partial charge in [-0.05, 0) is 99.7 Å². The summed E-state index contributed by atoms with van der Waals surface area (Å²) in [6.45, 7) is 3.60. The van der Waals surface area contributed by atoms with Gasteiger partial charge in [0.25, 0.3) is 0 Å². The van der Waals surface area contributed by atoms with Crippen LogP contribution in [0.2, 0.25) is 0 Å². The fraction of sp³-hybridized carbons (Fsp3) is 0.952. The Balaban J connectivity index is 1.54. The first-order chi connectivity index (χ1) is 11.4. The van der Waals surface area contributed by atoms with E-state index in [2.05, 4.69) is 6.92 Å². The number of carbonyl (C=O) groups excluding carboxylic acids is 1. The van der Waals surface area contributed by atoms with Crippen LogP contribution in [0.5, 0.6) is 0 Å². The van der Waals surface area contributed by atoms with E-state index in [0.29, 0.717) is 36.4 Å². The van der Waals surface area contributed by atoms with Crippen molar-refractivity contribution in [1.29, 1.82) is 0 Å². The van der Waals surface area contributed by atoms with E-state index in [1.807, 2.05) is 0 Å². The second kappa shape index (κ2) is 5.79. The number of Topliss-reactive ketones (excluding diaryl/α,β-unsaturated/α-hetero) is 1. The number of rotatable bonds is 2. The average Bonchev–Trinajstić information content (AvgIpc) is 2.91. The van der Waals surface area contributed by atoms with E-state index in [9.17, 15) is 14.3 Å². The summed E-state index contributed by atoms with van der Waals surface area (Å²) in [4.78, 5) is 12.1. The molecule has 136 valence electrons. The molecule has 1 N–H and O–H groups in total. The van der Waals surface area contributed by atoms with Crippen molar-refractivity contribution in [3.63, 3.8) is 0 Å². The number of hydrogen-bond acceptors (Lipinski definition) is 2. The molecule has 0 bridgehead atoms. The van der Waals surface area contributed by atoms with Crippen LogP contribution in [0.15, 0.2) is 0 Å². The van der Waals surface area contributed by atoms with E-state index in [4.69, 9.17) is 0 Å². The predicted octanol–water partition coefficient (Wildman–Crippen LogP) is 4.54. The molecule has 4 aliphatic carbocycles. The molecule has 0 aliphatic heterocycles. The van der Waals surface area contributed by atoms with Gasteiger partial charge in [0.2, 0.25) is 0 Å². The van der Waals surface area contributed by atoms with Crippen LogP contribution < -0.4 is 0 Å². The zero-order valence-corrected chi connectivity index (χ0v) is 15.3. The van der Waals surface area contributed by atoms with Crippen LogP contribution in [0.4, 0.5) is 4.39 Å². The van der Waals surface area contributed by atoms with Crippen molar-refractivity contribution in [3.8, 4) is 0 Å². The normalized spacial score (nSPS) is 53.8. The highest BCUT2D eigenvalue weighted by atomic mass is 19.1. The van der Waals surface area contributed by atoms with Gasteiger partial charge < -0.3 is 5.11 Å². The Morgan fingerprint density at radius 3 is 2.50 bits per heavy atom. The molecule has 0 aromatic rings. The van der Waals surface area contributed by atoms with E-state index in [-0.39, 0.29) is 11.3 Å². The Bertz CT molecular complexity index is 520. The molecule has 3 heteroatoms. The van der Waals surface area contributed by atoms with Crippen LogP contribution in [-0.2, 0) is 4.79 Å². The smallest absolute Gasteiger partial charge is 0.133 e. The number of fused-ring (bicyclic) bond motifs is 5. The van der Waals surface area contributed by atoms with Crippen molar-refractivity contribution in [3.05, 3.63) is 0 Å². The summed E-state index contributed by atoms with van der Waals surface area (Å²) >= 11 is 0. The maximum absolute atomic E-state index is 13.2. The summed E-state index contributed by atoms with van der Waals surface area (Å²) in [6.07, 6.45) is 9.48. The third-order valence-electron chi connectivity index (χ3n) is 8.84. The van der Waals surface area contributed by atoms with Gasteiger partial charge in [-0.15, -0.1) is 0 Å². The van der Waals surface area contributed by atoms with E-state index >= 15 is 0 Å². The molecule has 0 aromatic heterocycles. The number of carbonyl (C=O) groups is 1. The third-order valence-corrected chi connectivity index (χ3v) is 8.84. The van der Waals surface area contributed by atoms with Gasteiger partial charge in [0.15, 0.2) is 0 Å². The van der Waals surface area contributed by atoms with Gasteiger partial charge in [-0.25, -0.2) is 4.39 Å². The summed E-state index contributed by atoms with van der Waals surface area (Å²) in [5, 5.41) is 10.4. The Labute approximate surface area is 145 Å². The minimum absolute atomic E-state index is 0.230. The first-order valence-corrected chi connectivity index (χ1v) is 10.2. The van der Waals surface area contributed by atoms with Crippen molar-refractivity contribution in [2.45, 2.75) is 77.2 Å². The molecule has 0 radical (unpaired) electrons. The molecule has 4 rings (SSSR count). The quantitative estimate of drug-likeness (QED) is 0.803. The summed E-state index contributed by atoms with van der Waals surface area (Å²) in [6, 6.07) is 0. The summed E-state index contributed by atoms with van der Waals surface area (Å²) in [7, 11) is 0. The lowest BCUT2D eigenvalue weighted by molar-refractivity contribution is -0.131. The SMILES string of the molecule is CC(=O)[C@H]1CC[C@H]2[C@@H]3CC[C@@H]4C[C@](O)(CF)CC[C@@H]4[C@H]3CC[C@]12C. The summed E-state index contributed by atoms with van der Waals surface area (Å²) in [5.74, 6) is 4.14. The Kier molecular flexibility index (Phi) is 4.10. The molecule has 0 amide bonds. The van der Waals surface area contributed by atoms with Gasteiger partial charge in [0.1, 0.15) is 12.5 Å². The molecule has 2 nitrogen and oxygen atoms in total. The number of aliphatic hydroxyl groups is 1. The van der Waals surface area contributed by atoms with E-state index in [1.54, 1.807) is 6.92 Å². The van der Waals surface area contributed by atoms with Crippen molar-refractivity contribution in [2.75, 3.05) is 6.67 Å². The number of ketones is 1. The van der Waals surface area contributed by atoms with Gasteiger partial charge in [-0.3, -0.25) is 4.79 Å². The average molecular weight is 336 g/mol. The topological polar surface area (TPSA) is 37.3 Å². The highest BCUT2D eigenvalue weighted by Gasteiger charge is 2.58. The highest BCUT2D eigenvalue weighted by molar-refractivity contribution is 5.79. The summed E-state index contributed by atoms with van der Waals surface area (Å²) in [5.41, 5.74) is -0.807.